The number of ketones is 6. The van der Waals surface area contributed by atoms with Crippen molar-refractivity contribution in [1.29, 1.82) is 0 Å². The summed E-state index contributed by atoms with van der Waals surface area (Å²) in [6, 6.07) is -3.84. The molecule has 820 valence electrons. The number of amides is 4. The van der Waals surface area contributed by atoms with Crippen LogP contribution in [-0.2, 0) is 105 Å². The zero-order valence-electron chi connectivity index (χ0n) is 81.5. The average molecular weight is 2160 g/mol. The summed E-state index contributed by atoms with van der Waals surface area (Å²) < 4.78 is 30.8. The van der Waals surface area contributed by atoms with E-state index in [0.717, 1.165) is 0 Å². The number of nitrogens with one attached hydrogen (secondary N) is 4. The van der Waals surface area contributed by atoms with Crippen LogP contribution in [0.5, 0.6) is 0 Å². The van der Waals surface area contributed by atoms with E-state index in [0.29, 0.717) is 34.5 Å². The first-order valence-electron chi connectivity index (χ1n) is 44.6. The highest BCUT2D eigenvalue weighted by molar-refractivity contribution is 7.99. The molecule has 0 aromatic rings. The topological polar surface area (TPSA) is 862 Å². The Morgan fingerprint density at radius 1 is 0.282 bits per heavy atom. The van der Waals surface area contributed by atoms with E-state index in [4.69, 9.17) is 69.3 Å². The number of Topliss-reactive ketones (excluding diaryl/α,β-unsaturated/α-hetero) is 6. The number of carboxylic acids is 6. The standard InChI is InChI=1S/2C15H26O9S.4C14H23NO7S/c2*1-7(6-25-2)9(17)3-8-10(18)4-15(23,14(21)22)24-13(8)12(20)11(19)5-16;4*1-7(6-23-3)9(17)4-11-12(15-8(2)16)10(18)5-14(21,22-11)13(19)20/h2*7-8,10-13,16,18-20,23H,3-6H2,1-2H3,(H,21,22);4*7,10-12,18,21H,4-6H2,1-3H3,(H,15,16)(H,19,20). The van der Waals surface area contributed by atoms with Crippen LogP contribution in [0.25, 0.3) is 0 Å². The van der Waals surface area contributed by atoms with E-state index in [9.17, 15) is 158 Å². The highest BCUT2D eigenvalue weighted by Gasteiger charge is 2.59. The molecule has 6 saturated heterocycles. The minimum atomic E-state index is -2.76. The van der Waals surface area contributed by atoms with Gasteiger partial charge in [0.2, 0.25) is 23.6 Å². The molecule has 0 bridgehead atoms. The van der Waals surface area contributed by atoms with Gasteiger partial charge >= 0.3 is 35.8 Å². The summed E-state index contributed by atoms with van der Waals surface area (Å²) in [5.74, 6) is -29.4. The molecule has 6 aliphatic heterocycles. The van der Waals surface area contributed by atoms with Crippen molar-refractivity contribution in [2.24, 2.45) is 47.3 Å². The largest absolute Gasteiger partial charge is 0.477 e. The zero-order valence-corrected chi connectivity index (χ0v) is 86.4. The van der Waals surface area contributed by atoms with Crippen LogP contribution in [0.2, 0.25) is 0 Å². The van der Waals surface area contributed by atoms with Crippen molar-refractivity contribution in [2.75, 3.05) is 85.3 Å². The lowest BCUT2D eigenvalue weighted by molar-refractivity contribution is -0.304. The first-order valence-corrected chi connectivity index (χ1v) is 52.9. The molecule has 6 heterocycles. The first-order chi connectivity index (χ1) is 65.5. The maximum absolute atomic E-state index is 12.3. The van der Waals surface area contributed by atoms with Gasteiger partial charge in [-0.3, -0.25) is 47.9 Å². The zero-order chi connectivity index (χ0) is 110. The van der Waals surface area contributed by atoms with Crippen LogP contribution in [0.3, 0.4) is 0 Å². The van der Waals surface area contributed by atoms with E-state index in [1.807, 2.05) is 37.5 Å². The van der Waals surface area contributed by atoms with Gasteiger partial charge in [0.05, 0.1) is 111 Å². The predicted octanol–water partition coefficient (Wildman–Crippen LogP) is -6.11. The minimum Gasteiger partial charge on any atom is -0.477 e. The van der Waals surface area contributed by atoms with E-state index in [1.165, 1.54) is 98.3 Å². The molecule has 0 spiro atoms. The molecule has 0 aromatic carbocycles. The lowest BCUT2D eigenvalue weighted by Gasteiger charge is -2.44. The van der Waals surface area contributed by atoms with Crippen LogP contribution in [0.4, 0.5) is 0 Å². The van der Waals surface area contributed by atoms with Gasteiger partial charge < -0.3 is 172 Å². The summed E-state index contributed by atoms with van der Waals surface area (Å²) in [5, 5.41) is 243. The van der Waals surface area contributed by atoms with Crippen molar-refractivity contribution in [1.82, 2.24) is 21.3 Å². The van der Waals surface area contributed by atoms with Crippen LogP contribution in [-0.4, -0.2) is 459 Å². The molecule has 0 radical (unpaired) electrons. The second-order valence-corrected chi connectivity index (χ2v) is 41.3. The van der Waals surface area contributed by atoms with Crippen molar-refractivity contribution in [3.63, 3.8) is 0 Å². The van der Waals surface area contributed by atoms with Gasteiger partial charge in [0.25, 0.3) is 34.7 Å². The summed E-state index contributed by atoms with van der Waals surface area (Å²) in [4.78, 5) is 186. The second-order valence-electron chi connectivity index (χ2n) is 35.8. The lowest BCUT2D eigenvalue weighted by atomic mass is 9.79. The Hall–Kier alpha value is -6.14. The molecule has 142 heavy (non-hydrogen) atoms. The third-order valence-electron chi connectivity index (χ3n) is 23.7. The smallest absolute Gasteiger partial charge is 0.364 e. The Morgan fingerprint density at radius 2 is 0.437 bits per heavy atom. The molecular formula is C86H144N4O46S6. The minimum absolute atomic E-state index is 0.193. The number of aliphatic carboxylic acids is 6. The number of hydrogen-bond acceptors (Lipinski definition) is 46. The fourth-order valence-corrected chi connectivity index (χ4v) is 19.8. The summed E-state index contributed by atoms with van der Waals surface area (Å²) in [6.45, 7) is 13.6. The van der Waals surface area contributed by atoms with Gasteiger partial charge in [0.1, 0.15) is 59.1 Å². The van der Waals surface area contributed by atoms with Gasteiger partial charge in [-0.2, -0.15) is 70.6 Å². The van der Waals surface area contributed by atoms with Gasteiger partial charge in [-0.05, 0) is 37.5 Å². The molecule has 6 aliphatic rings. The molecule has 34 atom stereocenters. The number of carbonyl (C=O) groups excluding carboxylic acids is 10. The highest BCUT2D eigenvalue weighted by Crippen LogP contribution is 2.41. The summed E-state index contributed by atoms with van der Waals surface area (Å²) in [5.41, 5.74) is 0. The van der Waals surface area contributed by atoms with Crippen LogP contribution >= 0.6 is 70.6 Å². The summed E-state index contributed by atoms with van der Waals surface area (Å²) in [7, 11) is 0. The average Bonchev–Trinajstić information content (AvgIpc) is 0.789. The Kier molecular flexibility index (Phi) is 58.2. The normalized spacial score (nSPS) is 32.6. The molecule has 4 amide bonds. The number of thioether (sulfide) groups is 6. The van der Waals surface area contributed by atoms with Gasteiger partial charge in [-0.15, -0.1) is 0 Å². The SMILES string of the molecule is CSCC(C)C(=O)CC1C(O)CC(O)(C(=O)O)OC1C(O)C(O)CO.CSCC(C)C(=O)CC1C(O)CC(O)(C(=O)O)OC1C(O)C(O)CO.CSCC(C)C(=O)CC1OC(O)(C(=O)O)CC(O)C1NC(C)=O.CSCC(C)C(=O)CC1OC(O)(C(=O)O)CC(O)C1NC(C)=O.CSCC(C)C(=O)CC1OC(O)(C(=O)O)CC(O)C1NC(C)=O.CSCC(C)C(=O)CC1OC(O)(C(=O)O)CC(O)C1NC(C)=O. The number of aliphatic hydroxyl groups excluding tert-OH is 12. The van der Waals surface area contributed by atoms with Crippen molar-refractivity contribution in [2.45, 2.75) is 303 Å². The maximum atomic E-state index is 12.3. The molecule has 0 aliphatic carbocycles. The highest BCUT2D eigenvalue weighted by atomic mass is 32.2. The summed E-state index contributed by atoms with van der Waals surface area (Å²) in [6.07, 6.45) is -16.8. The number of ether oxygens (including phenoxy) is 6. The monoisotopic (exact) mass is 2160 g/mol. The Bertz CT molecular complexity index is 3720. The molecule has 50 nitrogen and oxygen atoms in total. The summed E-state index contributed by atoms with van der Waals surface area (Å²) >= 11 is 8.90. The third kappa shape index (κ3) is 41.1. The number of aliphatic hydroxyl groups is 18. The van der Waals surface area contributed by atoms with E-state index in [-0.39, 0.29) is 109 Å². The van der Waals surface area contributed by atoms with E-state index in [1.54, 1.807) is 41.5 Å². The quantitative estimate of drug-likeness (QED) is 0.0270. The van der Waals surface area contributed by atoms with Crippen molar-refractivity contribution >= 4 is 165 Å². The third-order valence-corrected chi connectivity index (χ3v) is 28.7. The van der Waals surface area contributed by atoms with Gasteiger partial charge in [0, 0.05) is 187 Å². The molecule has 34 unspecified atom stereocenters. The fraction of sp³-hybridized carbons (Fsp3) is 0.814. The van der Waals surface area contributed by atoms with E-state index < -0.39 is 280 Å². The lowest BCUT2D eigenvalue weighted by Crippen LogP contribution is -2.63. The van der Waals surface area contributed by atoms with Crippen LogP contribution in [0.15, 0.2) is 0 Å². The molecule has 6 fully saturated rings. The van der Waals surface area contributed by atoms with Gasteiger partial charge in [-0.25, -0.2) is 28.8 Å². The number of carboxylic acid groups (broad SMARTS) is 6. The van der Waals surface area contributed by atoms with Crippen molar-refractivity contribution in [3.8, 4) is 0 Å². The predicted molar refractivity (Wildman–Crippen MR) is 507 cm³/mol. The van der Waals surface area contributed by atoms with Gasteiger partial charge in [0.15, 0.2) is 0 Å². The van der Waals surface area contributed by atoms with E-state index >= 15 is 0 Å². The maximum Gasteiger partial charge on any atom is 0.364 e. The van der Waals surface area contributed by atoms with Crippen LogP contribution in [0.1, 0.15) is 146 Å². The van der Waals surface area contributed by atoms with Crippen molar-refractivity contribution in [3.05, 3.63) is 0 Å². The van der Waals surface area contributed by atoms with Gasteiger partial charge in [-0.1, -0.05) is 41.5 Å². The van der Waals surface area contributed by atoms with Crippen LogP contribution < -0.4 is 21.3 Å². The molecule has 56 heteroatoms. The first kappa shape index (κ1) is 134. The molecule has 6 rings (SSSR count). The van der Waals surface area contributed by atoms with E-state index in [2.05, 4.69) is 21.3 Å². The number of carbonyl (C=O) groups is 16. The molecule has 0 aromatic heterocycles. The van der Waals surface area contributed by atoms with Crippen molar-refractivity contribution < 1.29 is 228 Å². The Morgan fingerprint density at radius 3 is 0.585 bits per heavy atom. The Balaban J connectivity index is 0.000000852. The van der Waals surface area contributed by atoms with Crippen LogP contribution in [0, 0.1) is 47.3 Å². The number of hydrogen-bond donors (Lipinski definition) is 28. The molecule has 0 saturated carbocycles. The fourth-order valence-electron chi connectivity index (χ4n) is 15.7. The number of rotatable bonds is 46. The Labute approximate surface area is 844 Å². The molecular weight excluding hydrogens is 2020 g/mol. The molecule has 28 N–H and O–H groups in total. The second kappa shape index (κ2) is 61.7.